The zero-order valence-corrected chi connectivity index (χ0v) is 28.0. The van der Waals surface area contributed by atoms with E-state index in [0.29, 0.717) is 18.5 Å². The van der Waals surface area contributed by atoms with Crippen molar-refractivity contribution < 1.29 is 23.4 Å². The second-order valence-electron chi connectivity index (χ2n) is 13.5. The summed E-state index contributed by atoms with van der Waals surface area (Å²) in [5.74, 6) is -3.11. The fourth-order valence-corrected chi connectivity index (χ4v) is 6.40. The van der Waals surface area contributed by atoms with E-state index in [9.17, 15) is 15.2 Å². The lowest BCUT2D eigenvalue weighted by atomic mass is 9.62. The van der Waals surface area contributed by atoms with Crippen molar-refractivity contribution >= 4 is 34.9 Å². The Kier molecular flexibility index (Phi) is 10.7. The first-order valence-electron chi connectivity index (χ1n) is 14.8. The average molecular weight is 675 g/mol. The van der Waals surface area contributed by atoms with Crippen LogP contribution in [0.15, 0.2) is 60.8 Å². The molecular weight excluding hydrogens is 635 g/mol. The van der Waals surface area contributed by atoms with Gasteiger partial charge in [0.05, 0.1) is 42.5 Å². The first kappa shape index (κ1) is 35.5. The van der Waals surface area contributed by atoms with Crippen LogP contribution in [-0.2, 0) is 21.5 Å². The van der Waals surface area contributed by atoms with Gasteiger partial charge in [0.15, 0.2) is 5.82 Å². The molecule has 8 nitrogen and oxygen atoms in total. The zero-order chi connectivity index (χ0) is 34.0. The van der Waals surface area contributed by atoms with Gasteiger partial charge in [0, 0.05) is 34.8 Å². The number of nitriles is 1. The van der Waals surface area contributed by atoms with Gasteiger partial charge < -0.3 is 20.5 Å². The molecule has 0 aliphatic carbocycles. The number of hydrogen-bond donors (Lipinski definition) is 3. The molecule has 3 N–H and O–H groups in total. The largest absolute Gasteiger partial charge is 0.392 e. The Morgan fingerprint density at radius 3 is 2.57 bits per heavy atom. The van der Waals surface area contributed by atoms with Crippen LogP contribution >= 0.6 is 23.2 Å². The van der Waals surface area contributed by atoms with Gasteiger partial charge in [-0.3, -0.25) is 9.48 Å². The molecule has 1 aromatic heterocycles. The summed E-state index contributed by atoms with van der Waals surface area (Å²) in [5, 5.41) is 30.7. The van der Waals surface area contributed by atoms with Crippen molar-refractivity contribution in [2.75, 3.05) is 18.5 Å². The molecule has 0 bridgehead atoms. The molecule has 0 saturated carbocycles. The van der Waals surface area contributed by atoms with Crippen LogP contribution in [0.3, 0.4) is 0 Å². The lowest BCUT2D eigenvalue weighted by Gasteiger charge is -2.37. The third kappa shape index (κ3) is 7.62. The van der Waals surface area contributed by atoms with Crippen LogP contribution in [-0.4, -0.2) is 51.7 Å². The van der Waals surface area contributed by atoms with E-state index in [0.717, 1.165) is 6.07 Å². The predicted molar refractivity (Wildman–Crippen MR) is 175 cm³/mol. The first-order chi connectivity index (χ1) is 21.5. The van der Waals surface area contributed by atoms with E-state index < -0.39 is 46.6 Å². The molecule has 1 saturated heterocycles. The molecule has 1 fully saturated rings. The summed E-state index contributed by atoms with van der Waals surface area (Å²) in [4.78, 5) is 14.1. The van der Waals surface area contributed by atoms with Gasteiger partial charge in [-0.2, -0.15) is 10.4 Å². The number of nitrogens with one attached hydrogen (secondary N) is 2. The summed E-state index contributed by atoms with van der Waals surface area (Å²) in [7, 11) is 0. The van der Waals surface area contributed by atoms with Gasteiger partial charge in [-0.25, -0.2) is 8.78 Å². The summed E-state index contributed by atoms with van der Waals surface area (Å²) in [6.07, 6.45) is 2.01. The molecule has 3 aromatic rings. The Morgan fingerprint density at radius 2 is 1.93 bits per heavy atom. The zero-order valence-electron chi connectivity index (χ0n) is 26.5. The van der Waals surface area contributed by atoms with Crippen molar-refractivity contribution in [3.8, 4) is 6.07 Å². The van der Waals surface area contributed by atoms with Crippen molar-refractivity contribution in [2.45, 2.75) is 76.6 Å². The number of benzene rings is 2. The molecule has 1 aliphatic rings. The second-order valence-corrected chi connectivity index (χ2v) is 14.4. The molecule has 4 rings (SSSR count). The Hall–Kier alpha value is -3.33. The number of nitrogens with zero attached hydrogens (tertiary/aromatic N) is 3. The smallest absolute Gasteiger partial charge is 0.243 e. The Bertz CT molecular complexity index is 1650. The highest BCUT2D eigenvalue weighted by molar-refractivity contribution is 6.31. The van der Waals surface area contributed by atoms with Crippen LogP contribution in [0.4, 0.5) is 14.6 Å². The van der Waals surface area contributed by atoms with E-state index in [1.54, 1.807) is 16.9 Å². The summed E-state index contributed by atoms with van der Waals surface area (Å²) >= 11 is 12.3. The molecular formula is C34H39Cl2F2N5O3. The molecule has 0 spiro atoms. The molecule has 246 valence electrons. The van der Waals surface area contributed by atoms with Crippen LogP contribution in [0, 0.1) is 28.4 Å². The number of ether oxygens (including phenoxy) is 1. The maximum Gasteiger partial charge on any atom is 0.243 e. The summed E-state index contributed by atoms with van der Waals surface area (Å²) in [6.45, 7) is 13.7. The Labute approximate surface area is 278 Å². The monoisotopic (exact) mass is 673 g/mol. The molecule has 2 aromatic carbocycles. The number of carbonyl (C=O) groups is 1. The lowest BCUT2D eigenvalue weighted by molar-refractivity contribution is -0.118. The number of anilines is 1. The molecule has 1 amide bonds. The molecule has 4 unspecified atom stereocenters. The maximum atomic E-state index is 15.9. The average Bonchev–Trinajstić information content (AvgIpc) is 3.53. The minimum absolute atomic E-state index is 0.00125. The van der Waals surface area contributed by atoms with Crippen molar-refractivity contribution in [3.63, 3.8) is 0 Å². The molecule has 46 heavy (non-hydrogen) atoms. The van der Waals surface area contributed by atoms with E-state index in [-0.39, 0.29) is 45.6 Å². The van der Waals surface area contributed by atoms with Crippen LogP contribution < -0.4 is 10.6 Å². The number of halogens is 4. The summed E-state index contributed by atoms with van der Waals surface area (Å²) in [5.41, 5.74) is -2.26. The van der Waals surface area contributed by atoms with Crippen LogP contribution in [0.5, 0.6) is 0 Å². The van der Waals surface area contributed by atoms with Crippen molar-refractivity contribution in [2.24, 2.45) is 5.41 Å². The Balaban J connectivity index is 1.76. The number of aromatic nitrogens is 2. The molecule has 1 aliphatic heterocycles. The van der Waals surface area contributed by atoms with Gasteiger partial charge in [0.25, 0.3) is 0 Å². The van der Waals surface area contributed by atoms with Crippen LogP contribution in [0.1, 0.15) is 58.1 Å². The topological polar surface area (TPSA) is 112 Å². The van der Waals surface area contributed by atoms with E-state index in [1.165, 1.54) is 30.3 Å². The minimum atomic E-state index is -1.74. The highest BCUT2D eigenvalue weighted by atomic mass is 35.5. The number of aliphatic hydroxyl groups excluding tert-OH is 1. The number of amides is 1. The highest BCUT2D eigenvalue weighted by Gasteiger charge is 2.61. The first-order valence-corrected chi connectivity index (χ1v) is 15.6. The summed E-state index contributed by atoms with van der Waals surface area (Å²) in [6, 6.07) is 10.4. The normalized spacial score (nSPS) is 21.6. The van der Waals surface area contributed by atoms with Gasteiger partial charge in [0.1, 0.15) is 17.0 Å². The van der Waals surface area contributed by atoms with Crippen molar-refractivity contribution in [1.29, 1.82) is 5.26 Å². The fraction of sp³-hybridized carbons (Fsp3) is 0.441. The van der Waals surface area contributed by atoms with E-state index in [2.05, 4.69) is 28.4 Å². The number of hydrogen-bond acceptors (Lipinski definition) is 6. The number of aliphatic hydroxyl groups is 1. The lowest BCUT2D eigenvalue weighted by Crippen LogP contribution is -2.45. The molecule has 2 heterocycles. The van der Waals surface area contributed by atoms with Crippen molar-refractivity contribution in [1.82, 2.24) is 15.1 Å². The van der Waals surface area contributed by atoms with E-state index in [1.807, 2.05) is 34.6 Å². The van der Waals surface area contributed by atoms with Gasteiger partial charge in [-0.05, 0) is 55.0 Å². The van der Waals surface area contributed by atoms with E-state index in [4.69, 9.17) is 27.9 Å². The van der Waals surface area contributed by atoms with Crippen LogP contribution in [0.25, 0.3) is 0 Å². The van der Waals surface area contributed by atoms with Gasteiger partial charge in [-0.15, -0.1) is 0 Å². The minimum Gasteiger partial charge on any atom is -0.392 e. The fourth-order valence-electron chi connectivity index (χ4n) is 6.06. The van der Waals surface area contributed by atoms with E-state index >= 15 is 8.78 Å². The SMILES string of the molecule is C=C(CO)COC(C)(C)Cn1ccc(NC(=O)C2NC(CC(C)(C)C)C(C#N)(c3ccc(Cl)cc3F)C2c2cccc(Cl)c2F)n1. The second kappa shape index (κ2) is 13.8. The molecule has 4 atom stereocenters. The number of carbonyl (C=O) groups excluding carboxylic acids is 1. The third-order valence-corrected chi connectivity index (χ3v) is 8.58. The third-order valence-electron chi connectivity index (χ3n) is 8.06. The predicted octanol–water partition coefficient (Wildman–Crippen LogP) is 6.77. The number of rotatable bonds is 11. The van der Waals surface area contributed by atoms with Gasteiger partial charge in [-0.1, -0.05) is 68.8 Å². The highest BCUT2D eigenvalue weighted by Crippen LogP contribution is 2.52. The standard InChI is InChI=1S/C34H39Cl2F2N5O3/c1-20(16-44)17-46-33(5,6)19-43-13-12-27(42-43)41-31(45)30-28(22-8-7-9-24(36)29(22)38)34(18-39,26(40-30)15-32(2,3)4)23-11-10-21(35)14-25(23)37/h7-14,26,28,30,40,44H,1,15-17,19H2,2-6H3,(H,41,42,45). The molecule has 0 radical (unpaired) electrons. The Morgan fingerprint density at radius 1 is 1.22 bits per heavy atom. The van der Waals surface area contributed by atoms with Gasteiger partial charge >= 0.3 is 0 Å². The van der Waals surface area contributed by atoms with Crippen LogP contribution in [0.2, 0.25) is 10.0 Å². The maximum absolute atomic E-state index is 15.9. The van der Waals surface area contributed by atoms with Gasteiger partial charge in [0.2, 0.25) is 5.91 Å². The molecule has 12 heteroatoms. The van der Waals surface area contributed by atoms with Crippen molar-refractivity contribution in [3.05, 3.63) is 93.6 Å². The summed E-state index contributed by atoms with van der Waals surface area (Å²) < 4.78 is 39.1. The quantitative estimate of drug-likeness (QED) is 0.194.